The number of rotatable bonds is 7. The summed E-state index contributed by atoms with van der Waals surface area (Å²) < 4.78 is 32.7. The molecule has 7 nitrogen and oxygen atoms in total. The third kappa shape index (κ3) is 3.48. The van der Waals surface area contributed by atoms with Crippen LogP contribution in [-0.2, 0) is 0 Å². The summed E-state index contributed by atoms with van der Waals surface area (Å²) in [5.74, 6) is 3.51. The van der Waals surface area contributed by atoms with E-state index in [0.29, 0.717) is 45.8 Å². The van der Waals surface area contributed by atoms with Crippen molar-refractivity contribution in [3.8, 4) is 51.3 Å². The van der Waals surface area contributed by atoms with Crippen molar-refractivity contribution in [2.75, 3.05) is 35.5 Å². The molecule has 0 N–H and O–H groups in total. The quantitative estimate of drug-likeness (QED) is 0.620. The summed E-state index contributed by atoms with van der Waals surface area (Å²) in [4.78, 5) is 4.38. The zero-order chi connectivity index (χ0) is 19.4. The van der Waals surface area contributed by atoms with E-state index in [1.165, 1.54) is 6.39 Å². The fourth-order valence-electron chi connectivity index (χ4n) is 2.79. The van der Waals surface area contributed by atoms with Crippen LogP contribution in [0.3, 0.4) is 0 Å². The van der Waals surface area contributed by atoms with Crippen LogP contribution in [0.15, 0.2) is 41.1 Å². The fourth-order valence-corrected chi connectivity index (χ4v) is 2.79. The number of aromatic nitrogens is 1. The fraction of sp³-hybridized carbons (Fsp3) is 0.250. The van der Waals surface area contributed by atoms with E-state index in [1.54, 1.807) is 53.7 Å². The van der Waals surface area contributed by atoms with Crippen LogP contribution in [0.25, 0.3) is 22.6 Å². The number of oxazole rings is 1. The molecule has 1 heterocycles. The van der Waals surface area contributed by atoms with Crippen LogP contribution in [0.1, 0.15) is 0 Å². The van der Waals surface area contributed by atoms with Gasteiger partial charge in [0.05, 0.1) is 41.1 Å². The zero-order valence-corrected chi connectivity index (χ0v) is 15.9. The third-order valence-corrected chi connectivity index (χ3v) is 4.14. The van der Waals surface area contributed by atoms with Crippen molar-refractivity contribution in [2.24, 2.45) is 0 Å². The van der Waals surface area contributed by atoms with Crippen LogP contribution in [0.5, 0.6) is 28.7 Å². The van der Waals surface area contributed by atoms with Gasteiger partial charge in [-0.2, -0.15) is 0 Å². The molecule has 0 bridgehead atoms. The highest BCUT2D eigenvalue weighted by atomic mass is 16.5. The van der Waals surface area contributed by atoms with Gasteiger partial charge >= 0.3 is 0 Å². The zero-order valence-electron chi connectivity index (χ0n) is 15.9. The second kappa shape index (κ2) is 7.90. The molecule has 0 amide bonds. The summed E-state index contributed by atoms with van der Waals surface area (Å²) in [5, 5.41) is 0. The van der Waals surface area contributed by atoms with Crippen LogP contribution in [0.2, 0.25) is 0 Å². The predicted octanol–water partition coefficient (Wildman–Crippen LogP) is 4.05. The van der Waals surface area contributed by atoms with Gasteiger partial charge in [-0.15, -0.1) is 0 Å². The van der Waals surface area contributed by atoms with Crippen molar-refractivity contribution >= 4 is 0 Å². The van der Waals surface area contributed by atoms with Crippen molar-refractivity contribution in [3.63, 3.8) is 0 Å². The Bertz CT molecular complexity index is 912. The molecule has 0 aliphatic carbocycles. The van der Waals surface area contributed by atoms with Gasteiger partial charge in [0.15, 0.2) is 23.7 Å². The molecule has 0 fully saturated rings. The minimum Gasteiger partial charge on any atom is -0.497 e. The monoisotopic (exact) mass is 371 g/mol. The maximum absolute atomic E-state index is 5.70. The van der Waals surface area contributed by atoms with Crippen LogP contribution in [0, 0.1) is 0 Å². The summed E-state index contributed by atoms with van der Waals surface area (Å²) in [6.45, 7) is 0. The lowest BCUT2D eigenvalue weighted by Crippen LogP contribution is -1.95. The first kappa shape index (κ1) is 18.4. The molecule has 0 unspecified atom stereocenters. The maximum Gasteiger partial charge on any atom is 0.182 e. The highest BCUT2D eigenvalue weighted by Crippen LogP contribution is 2.43. The molecule has 0 radical (unpaired) electrons. The molecular formula is C20H21NO6. The van der Waals surface area contributed by atoms with E-state index >= 15 is 0 Å². The first-order chi connectivity index (χ1) is 13.1. The van der Waals surface area contributed by atoms with Crippen molar-refractivity contribution in [1.29, 1.82) is 0 Å². The Hall–Kier alpha value is -3.35. The molecule has 2 aromatic carbocycles. The van der Waals surface area contributed by atoms with Gasteiger partial charge in [-0.1, -0.05) is 0 Å². The van der Waals surface area contributed by atoms with E-state index in [9.17, 15) is 0 Å². The Morgan fingerprint density at radius 2 is 1.26 bits per heavy atom. The van der Waals surface area contributed by atoms with E-state index in [4.69, 9.17) is 28.1 Å². The molecule has 142 valence electrons. The largest absolute Gasteiger partial charge is 0.497 e. The summed E-state index contributed by atoms with van der Waals surface area (Å²) in [7, 11) is 7.91. The lowest BCUT2D eigenvalue weighted by atomic mass is 10.0. The topological polar surface area (TPSA) is 72.2 Å². The molecule has 7 heteroatoms. The molecule has 0 saturated carbocycles. The Morgan fingerprint density at radius 3 is 1.81 bits per heavy atom. The number of hydrogen-bond acceptors (Lipinski definition) is 7. The van der Waals surface area contributed by atoms with Crippen LogP contribution in [0.4, 0.5) is 0 Å². The van der Waals surface area contributed by atoms with E-state index < -0.39 is 0 Å². The van der Waals surface area contributed by atoms with Gasteiger partial charge in [-0.25, -0.2) is 4.98 Å². The number of nitrogens with zero attached hydrogens (tertiary/aromatic N) is 1. The normalized spacial score (nSPS) is 10.4. The average molecular weight is 371 g/mol. The van der Waals surface area contributed by atoms with Gasteiger partial charge < -0.3 is 28.1 Å². The van der Waals surface area contributed by atoms with Crippen LogP contribution < -0.4 is 23.7 Å². The standard InChI is InChI=1S/C20H21NO6/c1-22-13-6-12(7-14(8-13)23-2)19-20(27-11-21-19)15-9-17(25-4)18(26-5)10-16(15)24-3/h6-11H,1-5H3. The summed E-state index contributed by atoms with van der Waals surface area (Å²) in [6.07, 6.45) is 1.38. The van der Waals surface area contributed by atoms with Crippen LogP contribution in [-0.4, -0.2) is 40.5 Å². The molecule has 0 aliphatic rings. The van der Waals surface area contributed by atoms with Crippen molar-refractivity contribution in [1.82, 2.24) is 4.98 Å². The SMILES string of the molecule is COc1cc(OC)cc(-c2ncoc2-c2cc(OC)c(OC)cc2OC)c1. The minimum absolute atomic E-state index is 0.531. The molecule has 3 rings (SSSR count). The molecule has 0 spiro atoms. The van der Waals surface area contributed by atoms with E-state index in [2.05, 4.69) is 4.98 Å². The van der Waals surface area contributed by atoms with Crippen LogP contribution >= 0.6 is 0 Å². The summed E-state index contributed by atoms with van der Waals surface area (Å²) in [5.41, 5.74) is 2.09. The number of ether oxygens (including phenoxy) is 5. The van der Waals surface area contributed by atoms with Gasteiger partial charge in [0.25, 0.3) is 0 Å². The minimum atomic E-state index is 0.531. The summed E-state index contributed by atoms with van der Waals surface area (Å²) >= 11 is 0. The third-order valence-electron chi connectivity index (χ3n) is 4.14. The molecule has 27 heavy (non-hydrogen) atoms. The van der Waals surface area contributed by atoms with Gasteiger partial charge in [0.1, 0.15) is 22.9 Å². The average Bonchev–Trinajstić information content (AvgIpc) is 3.21. The number of hydrogen-bond donors (Lipinski definition) is 0. The Labute approximate surface area is 157 Å². The Kier molecular flexibility index (Phi) is 5.40. The first-order valence-corrected chi connectivity index (χ1v) is 8.12. The molecule has 1 aromatic heterocycles. The van der Waals surface area contributed by atoms with E-state index in [0.717, 1.165) is 5.56 Å². The summed E-state index contributed by atoms with van der Waals surface area (Å²) in [6, 6.07) is 9.04. The number of benzene rings is 2. The second-order valence-electron chi connectivity index (χ2n) is 5.54. The van der Waals surface area contributed by atoms with Gasteiger partial charge in [0.2, 0.25) is 0 Å². The molecule has 0 atom stereocenters. The highest BCUT2D eigenvalue weighted by molar-refractivity contribution is 5.82. The predicted molar refractivity (Wildman–Crippen MR) is 100 cm³/mol. The second-order valence-corrected chi connectivity index (χ2v) is 5.54. The van der Waals surface area contributed by atoms with Crippen molar-refractivity contribution in [3.05, 3.63) is 36.7 Å². The maximum atomic E-state index is 5.70. The molecule has 0 saturated heterocycles. The molecule has 3 aromatic rings. The van der Waals surface area contributed by atoms with E-state index in [1.807, 2.05) is 12.1 Å². The smallest absolute Gasteiger partial charge is 0.182 e. The van der Waals surface area contributed by atoms with Gasteiger partial charge in [0, 0.05) is 17.7 Å². The lowest BCUT2D eigenvalue weighted by Gasteiger charge is -2.14. The Morgan fingerprint density at radius 1 is 0.667 bits per heavy atom. The lowest BCUT2D eigenvalue weighted by molar-refractivity contribution is 0.349. The highest BCUT2D eigenvalue weighted by Gasteiger charge is 2.21. The molecular weight excluding hydrogens is 350 g/mol. The first-order valence-electron chi connectivity index (χ1n) is 8.12. The Balaban J connectivity index is 2.19. The molecule has 0 aliphatic heterocycles. The van der Waals surface area contributed by atoms with Gasteiger partial charge in [-0.05, 0) is 18.2 Å². The van der Waals surface area contributed by atoms with Gasteiger partial charge in [-0.3, -0.25) is 0 Å². The van der Waals surface area contributed by atoms with E-state index in [-0.39, 0.29) is 0 Å². The van der Waals surface area contributed by atoms with Crippen molar-refractivity contribution in [2.45, 2.75) is 0 Å². The number of methoxy groups -OCH3 is 5. The van der Waals surface area contributed by atoms with Crippen molar-refractivity contribution < 1.29 is 28.1 Å².